The monoisotopic (exact) mass is 328 g/mol. The molecule has 1 heterocycles. The van der Waals surface area contributed by atoms with E-state index in [1.807, 2.05) is 0 Å². The highest BCUT2D eigenvalue weighted by Gasteiger charge is 2.27. The fourth-order valence-corrected chi connectivity index (χ4v) is 2.67. The van der Waals surface area contributed by atoms with Crippen molar-refractivity contribution in [3.8, 4) is 5.75 Å². The molecule has 1 aromatic carbocycles. The van der Waals surface area contributed by atoms with Crippen LogP contribution < -0.4 is 4.74 Å². The van der Waals surface area contributed by atoms with Crippen LogP contribution in [0.3, 0.4) is 0 Å². The highest BCUT2D eigenvalue weighted by atomic mass is 19.3. The molecule has 0 spiro atoms. The number of piperazine rings is 1. The second-order valence-electron chi connectivity index (χ2n) is 6.26. The van der Waals surface area contributed by atoms with Gasteiger partial charge in [-0.05, 0) is 26.0 Å². The van der Waals surface area contributed by atoms with Gasteiger partial charge in [-0.3, -0.25) is 9.69 Å². The number of rotatable bonds is 5. The molecule has 128 valence electrons. The third-order valence-corrected chi connectivity index (χ3v) is 3.60. The number of alkyl halides is 2. The molecule has 5 nitrogen and oxygen atoms in total. The van der Waals surface area contributed by atoms with Crippen molar-refractivity contribution in [3.63, 3.8) is 0 Å². The maximum atomic E-state index is 12.5. The largest absolute Gasteiger partial charge is 0.434 e. The van der Waals surface area contributed by atoms with Gasteiger partial charge in [0.1, 0.15) is 5.75 Å². The van der Waals surface area contributed by atoms with Gasteiger partial charge in [-0.1, -0.05) is 12.1 Å². The molecule has 1 aliphatic rings. The number of para-hydroxylation sites is 1. The molecule has 0 bridgehead atoms. The van der Waals surface area contributed by atoms with Gasteiger partial charge >= 0.3 is 6.61 Å². The summed E-state index contributed by atoms with van der Waals surface area (Å²) in [7, 11) is 0. The molecule has 0 atom stereocenters. The second-order valence-corrected chi connectivity index (χ2v) is 6.26. The first kappa shape index (κ1) is 17.6. The Balaban J connectivity index is 2.00. The molecule has 2 rings (SSSR count). The number of ether oxygens (including phenoxy) is 1. The summed E-state index contributed by atoms with van der Waals surface area (Å²) in [6, 6.07) is 6.03. The molecule has 0 saturated carbocycles. The summed E-state index contributed by atoms with van der Waals surface area (Å²) in [5, 5.41) is 9.83. The van der Waals surface area contributed by atoms with E-state index in [4.69, 9.17) is 0 Å². The molecule has 1 fully saturated rings. The van der Waals surface area contributed by atoms with E-state index in [0.29, 0.717) is 32.7 Å². The van der Waals surface area contributed by atoms with Gasteiger partial charge in [-0.25, -0.2) is 0 Å². The summed E-state index contributed by atoms with van der Waals surface area (Å²) in [6.45, 7) is 3.27. The van der Waals surface area contributed by atoms with Crippen LogP contribution in [0.15, 0.2) is 24.3 Å². The average Bonchev–Trinajstić information content (AvgIpc) is 2.45. The zero-order valence-electron chi connectivity index (χ0n) is 13.3. The number of hydrogen-bond acceptors (Lipinski definition) is 4. The number of carbonyl (C=O) groups is 1. The number of benzene rings is 1. The Bertz CT molecular complexity index is 538. The average molecular weight is 328 g/mol. The molecule has 0 aromatic heterocycles. The van der Waals surface area contributed by atoms with E-state index in [1.54, 1.807) is 30.9 Å². The van der Waals surface area contributed by atoms with Gasteiger partial charge in [0.2, 0.25) is 0 Å². The lowest BCUT2D eigenvalue weighted by atomic mass is 10.1. The number of amides is 1. The Morgan fingerprint density at radius 2 is 1.87 bits per heavy atom. The van der Waals surface area contributed by atoms with E-state index >= 15 is 0 Å². The fraction of sp³-hybridized carbons (Fsp3) is 0.562. The van der Waals surface area contributed by atoms with Crippen LogP contribution in [0, 0.1) is 0 Å². The summed E-state index contributed by atoms with van der Waals surface area (Å²) in [6.07, 6.45) is 0. The quantitative estimate of drug-likeness (QED) is 0.896. The molecule has 1 amide bonds. The van der Waals surface area contributed by atoms with E-state index in [1.165, 1.54) is 12.1 Å². The predicted octanol–water partition coefficient (Wildman–Crippen LogP) is 1.82. The Kier molecular flexibility index (Phi) is 5.54. The van der Waals surface area contributed by atoms with E-state index in [2.05, 4.69) is 9.64 Å². The topological polar surface area (TPSA) is 53.0 Å². The molecule has 1 aliphatic heterocycles. The summed E-state index contributed by atoms with van der Waals surface area (Å²) < 4.78 is 29.3. The zero-order chi connectivity index (χ0) is 17.0. The molecule has 1 saturated heterocycles. The normalized spacial score (nSPS) is 16.7. The molecule has 1 N–H and O–H groups in total. The lowest BCUT2D eigenvalue weighted by Crippen LogP contribution is -2.52. The minimum absolute atomic E-state index is 0.105. The maximum Gasteiger partial charge on any atom is 0.387 e. The smallest absolute Gasteiger partial charge is 0.387 e. The van der Waals surface area contributed by atoms with Crippen molar-refractivity contribution in [1.82, 2.24) is 9.80 Å². The predicted molar refractivity (Wildman–Crippen MR) is 81.7 cm³/mol. The van der Waals surface area contributed by atoms with Gasteiger partial charge in [0.05, 0.1) is 11.2 Å². The number of aliphatic hydroxyl groups is 1. The first-order valence-electron chi connectivity index (χ1n) is 7.54. The van der Waals surface area contributed by atoms with Gasteiger partial charge in [0.15, 0.2) is 0 Å². The van der Waals surface area contributed by atoms with Crippen LogP contribution in [0.1, 0.15) is 24.2 Å². The van der Waals surface area contributed by atoms with Crippen molar-refractivity contribution >= 4 is 5.91 Å². The molecule has 0 radical (unpaired) electrons. The number of β-amino-alcohol motifs (C(OH)–C–C–N with tert-alkyl or cyclic N) is 1. The molecular weight excluding hydrogens is 306 g/mol. The van der Waals surface area contributed by atoms with Gasteiger partial charge in [-0.2, -0.15) is 8.78 Å². The van der Waals surface area contributed by atoms with Gasteiger partial charge in [0, 0.05) is 32.7 Å². The van der Waals surface area contributed by atoms with Crippen LogP contribution >= 0.6 is 0 Å². The zero-order valence-corrected chi connectivity index (χ0v) is 13.3. The van der Waals surface area contributed by atoms with Crippen molar-refractivity contribution < 1.29 is 23.4 Å². The maximum absolute atomic E-state index is 12.5. The Morgan fingerprint density at radius 1 is 1.26 bits per heavy atom. The van der Waals surface area contributed by atoms with Crippen LogP contribution in [0.5, 0.6) is 5.75 Å². The minimum atomic E-state index is -2.97. The van der Waals surface area contributed by atoms with E-state index in [9.17, 15) is 18.7 Å². The highest BCUT2D eigenvalue weighted by molar-refractivity contribution is 5.97. The number of carbonyl (C=O) groups excluding carboxylic acids is 1. The van der Waals surface area contributed by atoms with Crippen LogP contribution in [-0.4, -0.2) is 65.7 Å². The minimum Gasteiger partial charge on any atom is -0.434 e. The Labute approximate surface area is 134 Å². The number of halogens is 2. The summed E-state index contributed by atoms with van der Waals surface area (Å²) in [5.41, 5.74) is -0.645. The third kappa shape index (κ3) is 5.14. The first-order chi connectivity index (χ1) is 10.8. The van der Waals surface area contributed by atoms with Crippen molar-refractivity contribution in [1.29, 1.82) is 0 Å². The lowest BCUT2D eigenvalue weighted by molar-refractivity contribution is -0.0503. The fourth-order valence-electron chi connectivity index (χ4n) is 2.67. The summed E-state index contributed by atoms with van der Waals surface area (Å²) in [5.74, 6) is -0.421. The molecule has 0 aliphatic carbocycles. The SMILES string of the molecule is CC(C)(O)CN1CCN(C(=O)c2ccccc2OC(F)F)CC1. The third-order valence-electron chi connectivity index (χ3n) is 3.60. The van der Waals surface area contributed by atoms with E-state index in [0.717, 1.165) is 0 Å². The first-order valence-corrected chi connectivity index (χ1v) is 7.54. The van der Waals surface area contributed by atoms with Crippen molar-refractivity contribution in [2.75, 3.05) is 32.7 Å². The van der Waals surface area contributed by atoms with E-state index < -0.39 is 12.2 Å². The van der Waals surface area contributed by atoms with Crippen LogP contribution in [-0.2, 0) is 0 Å². The Hall–Kier alpha value is -1.73. The van der Waals surface area contributed by atoms with Gasteiger partial charge in [-0.15, -0.1) is 0 Å². The van der Waals surface area contributed by atoms with Crippen molar-refractivity contribution in [2.24, 2.45) is 0 Å². The number of hydrogen-bond donors (Lipinski definition) is 1. The number of nitrogens with zero attached hydrogens (tertiary/aromatic N) is 2. The molecule has 1 aromatic rings. The second kappa shape index (κ2) is 7.23. The van der Waals surface area contributed by atoms with Crippen molar-refractivity contribution in [2.45, 2.75) is 26.1 Å². The van der Waals surface area contributed by atoms with Crippen LogP contribution in [0.4, 0.5) is 8.78 Å². The lowest BCUT2D eigenvalue weighted by Gasteiger charge is -2.37. The molecule has 23 heavy (non-hydrogen) atoms. The van der Waals surface area contributed by atoms with E-state index in [-0.39, 0.29) is 17.2 Å². The van der Waals surface area contributed by atoms with Gasteiger partial charge in [0.25, 0.3) is 5.91 Å². The summed E-state index contributed by atoms with van der Waals surface area (Å²) in [4.78, 5) is 16.2. The molecule has 0 unspecified atom stereocenters. The highest BCUT2D eigenvalue weighted by Crippen LogP contribution is 2.22. The van der Waals surface area contributed by atoms with Crippen LogP contribution in [0.2, 0.25) is 0 Å². The van der Waals surface area contributed by atoms with Crippen LogP contribution in [0.25, 0.3) is 0 Å². The summed E-state index contributed by atoms with van der Waals surface area (Å²) >= 11 is 0. The molecular formula is C16H22F2N2O3. The van der Waals surface area contributed by atoms with Crippen molar-refractivity contribution in [3.05, 3.63) is 29.8 Å². The Morgan fingerprint density at radius 3 is 2.43 bits per heavy atom. The van der Waals surface area contributed by atoms with Gasteiger partial charge < -0.3 is 14.7 Å². The molecule has 7 heteroatoms. The standard InChI is InChI=1S/C16H22F2N2O3/c1-16(2,22)11-19-7-9-20(10-8-19)14(21)12-5-3-4-6-13(12)23-15(17)18/h3-6,15,22H,7-11H2,1-2H3.